The Kier molecular flexibility index (Phi) is 6.93. The van der Waals surface area contributed by atoms with Crippen molar-refractivity contribution in [3.05, 3.63) is 59.7 Å². The number of piperidine rings is 1. The molecule has 0 spiro atoms. The number of nitrogens with zero attached hydrogens (tertiary/aromatic N) is 2. The standard InChI is InChI=1S/C25H27N3O2S/c26-15-18-6-5-9-21(14-18)27-24(29)17-31-23-11-4-3-10-22(23)25(30)28-13-12-19-7-1-2-8-20(19)16-28/h3-6,9-11,14,19-20H,1-2,7-8,12-13,16-17H2,(H,27,29)/t19-,20-/m1/s1. The quantitative estimate of drug-likeness (QED) is 0.678. The molecule has 0 bridgehead atoms. The number of carbonyl (C=O) groups excluding carboxylic acids is 2. The van der Waals surface area contributed by atoms with E-state index < -0.39 is 0 Å². The van der Waals surface area contributed by atoms with Crippen molar-refractivity contribution in [3.63, 3.8) is 0 Å². The molecule has 4 rings (SSSR count). The van der Waals surface area contributed by atoms with Crippen molar-refractivity contribution in [2.45, 2.75) is 37.0 Å². The van der Waals surface area contributed by atoms with Crippen LogP contribution in [0.1, 0.15) is 48.0 Å². The molecule has 2 atom stereocenters. The van der Waals surface area contributed by atoms with E-state index in [4.69, 9.17) is 5.26 Å². The van der Waals surface area contributed by atoms with Crippen molar-refractivity contribution in [2.75, 3.05) is 24.2 Å². The minimum Gasteiger partial charge on any atom is -0.338 e. The molecule has 160 valence electrons. The zero-order chi connectivity index (χ0) is 21.6. The summed E-state index contributed by atoms with van der Waals surface area (Å²) in [6.07, 6.45) is 6.26. The van der Waals surface area contributed by atoms with Gasteiger partial charge < -0.3 is 10.2 Å². The molecular weight excluding hydrogens is 406 g/mol. The second kappa shape index (κ2) is 10.0. The minimum absolute atomic E-state index is 0.0780. The number of benzene rings is 2. The van der Waals surface area contributed by atoms with E-state index in [2.05, 4.69) is 11.4 Å². The van der Waals surface area contributed by atoms with Gasteiger partial charge in [-0.05, 0) is 55.0 Å². The summed E-state index contributed by atoms with van der Waals surface area (Å²) in [7, 11) is 0. The fourth-order valence-electron chi connectivity index (χ4n) is 4.73. The predicted octanol–water partition coefficient (Wildman–Crippen LogP) is 4.94. The third kappa shape index (κ3) is 5.29. The van der Waals surface area contributed by atoms with E-state index in [1.165, 1.54) is 37.4 Å². The fourth-order valence-corrected chi connectivity index (χ4v) is 5.58. The first-order chi connectivity index (χ1) is 15.1. The minimum atomic E-state index is -0.162. The van der Waals surface area contributed by atoms with Crippen LogP contribution in [0.2, 0.25) is 0 Å². The van der Waals surface area contributed by atoms with Crippen LogP contribution in [0, 0.1) is 23.2 Å². The molecule has 0 aromatic heterocycles. The zero-order valence-corrected chi connectivity index (χ0v) is 18.4. The number of amides is 2. The average molecular weight is 434 g/mol. The average Bonchev–Trinajstić information content (AvgIpc) is 2.82. The molecule has 2 fully saturated rings. The summed E-state index contributed by atoms with van der Waals surface area (Å²) in [4.78, 5) is 28.5. The first-order valence-corrected chi connectivity index (χ1v) is 11.9. The highest BCUT2D eigenvalue weighted by molar-refractivity contribution is 8.00. The zero-order valence-electron chi connectivity index (χ0n) is 17.5. The summed E-state index contributed by atoms with van der Waals surface area (Å²) < 4.78 is 0. The van der Waals surface area contributed by atoms with Crippen molar-refractivity contribution >= 4 is 29.3 Å². The molecule has 1 heterocycles. The Morgan fingerprint density at radius 3 is 2.71 bits per heavy atom. The number of fused-ring (bicyclic) bond motifs is 1. The van der Waals surface area contributed by atoms with Crippen LogP contribution >= 0.6 is 11.8 Å². The maximum Gasteiger partial charge on any atom is 0.254 e. The van der Waals surface area contributed by atoms with Crippen molar-refractivity contribution in [1.82, 2.24) is 4.90 Å². The molecule has 5 nitrogen and oxygen atoms in total. The van der Waals surface area contributed by atoms with E-state index in [-0.39, 0.29) is 17.6 Å². The molecule has 2 aromatic carbocycles. The van der Waals surface area contributed by atoms with Gasteiger partial charge in [0.2, 0.25) is 5.91 Å². The number of hydrogen-bond donors (Lipinski definition) is 1. The van der Waals surface area contributed by atoms with Gasteiger partial charge in [0.25, 0.3) is 5.91 Å². The molecule has 2 aliphatic rings. The number of nitrogens with one attached hydrogen (secondary N) is 1. The normalized spacial score (nSPS) is 20.4. The van der Waals surface area contributed by atoms with Gasteiger partial charge in [0, 0.05) is 23.7 Å². The molecule has 1 aliphatic carbocycles. The van der Waals surface area contributed by atoms with Crippen LogP contribution in [0.5, 0.6) is 0 Å². The smallest absolute Gasteiger partial charge is 0.254 e. The van der Waals surface area contributed by atoms with Gasteiger partial charge in [-0.2, -0.15) is 5.26 Å². The number of rotatable bonds is 5. The SMILES string of the molecule is N#Cc1cccc(NC(=O)CSc2ccccc2C(=O)N2CC[C@H]3CCCC[C@@H]3C2)c1. The van der Waals surface area contributed by atoms with Crippen molar-refractivity contribution in [3.8, 4) is 6.07 Å². The highest BCUT2D eigenvalue weighted by Crippen LogP contribution is 2.37. The molecule has 31 heavy (non-hydrogen) atoms. The van der Waals surface area contributed by atoms with E-state index >= 15 is 0 Å². The summed E-state index contributed by atoms with van der Waals surface area (Å²) in [5, 5.41) is 11.8. The Hall–Kier alpha value is -2.78. The molecule has 1 aliphatic heterocycles. The van der Waals surface area contributed by atoms with Gasteiger partial charge in [-0.25, -0.2) is 0 Å². The molecule has 0 unspecified atom stereocenters. The van der Waals surface area contributed by atoms with Gasteiger partial charge in [-0.1, -0.05) is 37.5 Å². The third-order valence-corrected chi connectivity index (χ3v) is 7.40. The molecular formula is C25H27N3O2S. The maximum absolute atomic E-state index is 13.3. The van der Waals surface area contributed by atoms with Crippen molar-refractivity contribution < 1.29 is 9.59 Å². The lowest BCUT2D eigenvalue weighted by Gasteiger charge is -2.41. The van der Waals surface area contributed by atoms with Crippen LogP contribution in [0.15, 0.2) is 53.4 Å². The number of anilines is 1. The van der Waals surface area contributed by atoms with Gasteiger partial charge in [0.05, 0.1) is 22.9 Å². The van der Waals surface area contributed by atoms with Gasteiger partial charge in [0.1, 0.15) is 0 Å². The number of thioether (sulfide) groups is 1. The molecule has 2 aromatic rings. The largest absolute Gasteiger partial charge is 0.338 e. The summed E-state index contributed by atoms with van der Waals surface area (Å²) in [6, 6.07) is 16.5. The number of likely N-dealkylation sites (tertiary alicyclic amines) is 1. The monoisotopic (exact) mass is 433 g/mol. The Balaban J connectivity index is 1.38. The van der Waals surface area contributed by atoms with Crippen molar-refractivity contribution in [2.24, 2.45) is 11.8 Å². The van der Waals surface area contributed by atoms with E-state index in [1.807, 2.05) is 29.2 Å². The number of carbonyl (C=O) groups is 2. The van der Waals surface area contributed by atoms with Gasteiger partial charge in [-0.15, -0.1) is 11.8 Å². The van der Waals surface area contributed by atoms with Gasteiger partial charge >= 0.3 is 0 Å². The fraction of sp³-hybridized carbons (Fsp3) is 0.400. The maximum atomic E-state index is 13.3. The lowest BCUT2D eigenvalue weighted by atomic mass is 9.75. The lowest BCUT2D eigenvalue weighted by Crippen LogP contribution is -2.44. The highest BCUT2D eigenvalue weighted by Gasteiger charge is 2.33. The van der Waals surface area contributed by atoms with Crippen LogP contribution in [0.3, 0.4) is 0 Å². The highest BCUT2D eigenvalue weighted by atomic mass is 32.2. The first kappa shape index (κ1) is 21.5. The molecule has 1 saturated heterocycles. The Morgan fingerprint density at radius 1 is 1.06 bits per heavy atom. The first-order valence-electron chi connectivity index (χ1n) is 10.9. The summed E-state index contributed by atoms with van der Waals surface area (Å²) in [5.74, 6) is 1.54. The van der Waals surface area contributed by atoms with Crippen molar-refractivity contribution in [1.29, 1.82) is 5.26 Å². The third-order valence-electron chi connectivity index (χ3n) is 6.33. The summed E-state index contributed by atoms with van der Waals surface area (Å²) in [6.45, 7) is 1.69. The topological polar surface area (TPSA) is 73.2 Å². The molecule has 0 radical (unpaired) electrons. The van der Waals surface area contributed by atoms with Crippen LogP contribution in [-0.4, -0.2) is 35.6 Å². The van der Waals surface area contributed by atoms with E-state index in [9.17, 15) is 9.59 Å². The Bertz CT molecular complexity index is 1000. The van der Waals surface area contributed by atoms with Crippen LogP contribution in [-0.2, 0) is 4.79 Å². The van der Waals surface area contributed by atoms with E-state index in [0.29, 0.717) is 22.7 Å². The second-order valence-corrected chi connectivity index (χ2v) is 9.39. The summed E-state index contributed by atoms with van der Waals surface area (Å²) >= 11 is 1.37. The molecule has 6 heteroatoms. The van der Waals surface area contributed by atoms with E-state index in [0.717, 1.165) is 30.3 Å². The Morgan fingerprint density at radius 2 is 1.87 bits per heavy atom. The summed E-state index contributed by atoms with van der Waals surface area (Å²) in [5.41, 5.74) is 1.79. The second-order valence-electron chi connectivity index (χ2n) is 8.37. The molecule has 1 saturated carbocycles. The number of hydrogen-bond acceptors (Lipinski definition) is 4. The van der Waals surface area contributed by atoms with Crippen LogP contribution < -0.4 is 5.32 Å². The predicted molar refractivity (Wildman–Crippen MR) is 123 cm³/mol. The van der Waals surface area contributed by atoms with E-state index in [1.54, 1.807) is 24.3 Å². The van der Waals surface area contributed by atoms with Gasteiger partial charge in [0.15, 0.2) is 0 Å². The molecule has 2 amide bonds. The van der Waals surface area contributed by atoms with Crippen LogP contribution in [0.25, 0.3) is 0 Å². The molecule has 1 N–H and O–H groups in total. The Labute approximate surface area is 187 Å². The van der Waals surface area contributed by atoms with Gasteiger partial charge in [-0.3, -0.25) is 9.59 Å². The lowest BCUT2D eigenvalue weighted by molar-refractivity contribution is -0.113. The number of nitriles is 1. The van der Waals surface area contributed by atoms with Crippen LogP contribution in [0.4, 0.5) is 5.69 Å².